The lowest BCUT2D eigenvalue weighted by Gasteiger charge is -2.23. The third kappa shape index (κ3) is 2.56. The third-order valence-corrected chi connectivity index (χ3v) is 4.77. The van der Waals surface area contributed by atoms with Crippen LogP contribution in [0.1, 0.15) is 39.3 Å². The van der Waals surface area contributed by atoms with E-state index < -0.39 is 0 Å². The molecule has 122 valence electrons. The predicted molar refractivity (Wildman–Crippen MR) is 93.1 cm³/mol. The minimum Gasteiger partial charge on any atom is -0.349 e. The number of aryl methyl sites for hydroxylation is 3. The van der Waals surface area contributed by atoms with Gasteiger partial charge >= 0.3 is 0 Å². The van der Waals surface area contributed by atoms with Crippen molar-refractivity contribution in [3.05, 3.63) is 58.5 Å². The van der Waals surface area contributed by atoms with Crippen molar-refractivity contribution in [2.75, 3.05) is 0 Å². The fourth-order valence-corrected chi connectivity index (χ4v) is 3.51. The molecule has 24 heavy (non-hydrogen) atoms. The fourth-order valence-electron chi connectivity index (χ4n) is 3.51. The van der Waals surface area contributed by atoms with Gasteiger partial charge in [0.15, 0.2) is 0 Å². The molecule has 0 bridgehead atoms. The molecular formula is C19H20N4O. The van der Waals surface area contributed by atoms with E-state index in [2.05, 4.69) is 20.5 Å². The second-order valence-electron chi connectivity index (χ2n) is 6.57. The van der Waals surface area contributed by atoms with Gasteiger partial charge in [-0.15, -0.1) is 0 Å². The minimum atomic E-state index is -0.0203. The zero-order chi connectivity index (χ0) is 16.7. The Bertz CT molecular complexity index is 928. The average molecular weight is 320 g/mol. The van der Waals surface area contributed by atoms with Crippen LogP contribution in [0.2, 0.25) is 0 Å². The lowest BCUT2D eigenvalue weighted by molar-refractivity contribution is 0.0935. The highest BCUT2D eigenvalue weighted by molar-refractivity contribution is 6.06. The van der Waals surface area contributed by atoms with E-state index in [-0.39, 0.29) is 11.9 Å². The maximum atomic E-state index is 12.9. The maximum Gasteiger partial charge on any atom is 0.252 e. The van der Waals surface area contributed by atoms with E-state index >= 15 is 0 Å². The van der Waals surface area contributed by atoms with Crippen LogP contribution in [0.25, 0.3) is 10.9 Å². The quantitative estimate of drug-likeness (QED) is 0.763. The first-order chi connectivity index (χ1) is 11.6. The molecule has 0 spiro atoms. The van der Waals surface area contributed by atoms with Gasteiger partial charge in [-0.2, -0.15) is 5.10 Å². The van der Waals surface area contributed by atoms with Crippen LogP contribution in [0.4, 0.5) is 0 Å². The van der Waals surface area contributed by atoms with Crippen molar-refractivity contribution in [2.45, 2.75) is 39.2 Å². The van der Waals surface area contributed by atoms with Gasteiger partial charge in [-0.25, -0.2) is 0 Å². The summed E-state index contributed by atoms with van der Waals surface area (Å²) in [6.07, 6.45) is 4.55. The van der Waals surface area contributed by atoms with Crippen molar-refractivity contribution in [3.8, 4) is 0 Å². The van der Waals surface area contributed by atoms with Crippen LogP contribution in [0, 0.1) is 13.8 Å². The van der Waals surface area contributed by atoms with Crippen LogP contribution >= 0.6 is 0 Å². The number of pyridine rings is 1. The third-order valence-electron chi connectivity index (χ3n) is 4.77. The molecule has 1 aliphatic rings. The number of rotatable bonds is 2. The molecule has 1 aliphatic carbocycles. The molecule has 5 nitrogen and oxygen atoms in total. The van der Waals surface area contributed by atoms with E-state index in [1.165, 1.54) is 11.3 Å². The van der Waals surface area contributed by atoms with Crippen molar-refractivity contribution < 1.29 is 4.79 Å². The smallest absolute Gasteiger partial charge is 0.252 e. The molecule has 2 heterocycles. The number of carbonyl (C=O) groups is 1. The number of nitrogens with zero attached hydrogens (tertiary/aromatic N) is 2. The highest BCUT2D eigenvalue weighted by Crippen LogP contribution is 2.23. The van der Waals surface area contributed by atoms with E-state index in [0.717, 1.165) is 41.4 Å². The summed E-state index contributed by atoms with van der Waals surface area (Å²) in [7, 11) is 0. The Morgan fingerprint density at radius 1 is 1.33 bits per heavy atom. The topological polar surface area (TPSA) is 70.7 Å². The number of para-hydroxylation sites is 1. The molecule has 4 rings (SSSR count). The summed E-state index contributed by atoms with van der Waals surface area (Å²) in [5.74, 6) is -0.0203. The van der Waals surface area contributed by atoms with E-state index in [1.807, 2.05) is 44.3 Å². The Hall–Kier alpha value is -2.69. The van der Waals surface area contributed by atoms with E-state index in [9.17, 15) is 4.79 Å². The first-order valence-electron chi connectivity index (χ1n) is 8.31. The Kier molecular flexibility index (Phi) is 3.56. The van der Waals surface area contributed by atoms with Crippen LogP contribution in [0.15, 0.2) is 30.5 Å². The first kappa shape index (κ1) is 14.9. The Labute approximate surface area is 140 Å². The molecule has 5 heteroatoms. The summed E-state index contributed by atoms with van der Waals surface area (Å²) in [5, 5.41) is 11.2. The molecule has 1 amide bonds. The summed E-state index contributed by atoms with van der Waals surface area (Å²) in [6, 6.07) is 8.00. The number of aromatic amines is 1. The molecule has 2 N–H and O–H groups in total. The van der Waals surface area contributed by atoms with E-state index in [4.69, 9.17) is 0 Å². The van der Waals surface area contributed by atoms with Crippen LogP contribution in [-0.2, 0) is 12.8 Å². The van der Waals surface area contributed by atoms with Gasteiger partial charge in [-0.1, -0.05) is 18.2 Å². The van der Waals surface area contributed by atoms with Crippen molar-refractivity contribution in [1.82, 2.24) is 20.5 Å². The predicted octanol–water partition coefficient (Wildman–Crippen LogP) is 2.86. The number of carbonyl (C=O) groups excluding carboxylic acids is 1. The summed E-state index contributed by atoms with van der Waals surface area (Å²) in [5.41, 5.74) is 5.97. The van der Waals surface area contributed by atoms with Crippen LogP contribution in [0.5, 0.6) is 0 Å². The lowest BCUT2D eigenvalue weighted by Crippen LogP contribution is -2.38. The number of H-pyrrole nitrogens is 1. The van der Waals surface area contributed by atoms with Crippen molar-refractivity contribution >= 4 is 16.8 Å². The number of amides is 1. The Morgan fingerprint density at radius 3 is 3.08 bits per heavy atom. The number of aromatic nitrogens is 3. The van der Waals surface area contributed by atoms with Crippen LogP contribution in [0.3, 0.4) is 0 Å². The molecule has 3 aromatic rings. The normalized spacial score (nSPS) is 16.8. The second kappa shape index (κ2) is 5.74. The zero-order valence-electron chi connectivity index (χ0n) is 13.9. The molecule has 0 saturated carbocycles. The van der Waals surface area contributed by atoms with Gasteiger partial charge in [-0.3, -0.25) is 14.9 Å². The molecule has 1 aromatic carbocycles. The largest absolute Gasteiger partial charge is 0.349 e. The number of hydrogen-bond acceptors (Lipinski definition) is 3. The van der Waals surface area contributed by atoms with Crippen molar-refractivity contribution in [2.24, 2.45) is 0 Å². The highest BCUT2D eigenvalue weighted by atomic mass is 16.1. The first-order valence-corrected chi connectivity index (χ1v) is 8.31. The summed E-state index contributed by atoms with van der Waals surface area (Å²) in [4.78, 5) is 17.5. The van der Waals surface area contributed by atoms with Gasteiger partial charge in [0, 0.05) is 22.8 Å². The standard InChI is InChI=1S/C19H20N4O/c1-11-4-3-5-15-16(8-12(2)21-18(11)15)19(24)22-14-6-7-17-13(9-14)10-20-23-17/h3-5,8,10,14H,6-7,9H2,1-2H3,(H,20,23)(H,22,24). The van der Waals surface area contributed by atoms with Crippen molar-refractivity contribution in [1.29, 1.82) is 0 Å². The van der Waals surface area contributed by atoms with Gasteiger partial charge in [0.25, 0.3) is 5.91 Å². The molecular weight excluding hydrogens is 300 g/mol. The molecule has 0 fully saturated rings. The zero-order valence-corrected chi connectivity index (χ0v) is 13.9. The molecule has 2 aromatic heterocycles. The highest BCUT2D eigenvalue weighted by Gasteiger charge is 2.23. The van der Waals surface area contributed by atoms with Gasteiger partial charge in [0.05, 0.1) is 17.3 Å². The van der Waals surface area contributed by atoms with Gasteiger partial charge < -0.3 is 5.32 Å². The molecule has 0 saturated heterocycles. The fraction of sp³-hybridized carbons (Fsp3) is 0.316. The Morgan fingerprint density at radius 2 is 2.21 bits per heavy atom. The van der Waals surface area contributed by atoms with E-state index in [1.54, 1.807) is 0 Å². The van der Waals surface area contributed by atoms with Gasteiger partial charge in [0.1, 0.15) is 0 Å². The lowest BCUT2D eigenvalue weighted by atomic mass is 9.93. The van der Waals surface area contributed by atoms with Gasteiger partial charge in [-0.05, 0) is 50.3 Å². The van der Waals surface area contributed by atoms with E-state index in [0.29, 0.717) is 5.56 Å². The number of benzene rings is 1. The molecule has 1 atom stereocenters. The van der Waals surface area contributed by atoms with Crippen molar-refractivity contribution in [3.63, 3.8) is 0 Å². The number of hydrogen-bond donors (Lipinski definition) is 2. The Balaban J connectivity index is 1.63. The average Bonchev–Trinajstić information content (AvgIpc) is 3.02. The maximum absolute atomic E-state index is 12.9. The summed E-state index contributed by atoms with van der Waals surface area (Å²) < 4.78 is 0. The summed E-state index contributed by atoms with van der Waals surface area (Å²) >= 11 is 0. The minimum absolute atomic E-state index is 0.0203. The number of nitrogens with one attached hydrogen (secondary N) is 2. The molecule has 0 radical (unpaired) electrons. The molecule has 1 unspecified atom stereocenters. The monoisotopic (exact) mass is 320 g/mol. The molecule has 0 aliphatic heterocycles. The summed E-state index contributed by atoms with van der Waals surface area (Å²) in [6.45, 7) is 3.96. The van der Waals surface area contributed by atoms with Crippen LogP contribution in [-0.4, -0.2) is 27.1 Å². The number of fused-ring (bicyclic) bond motifs is 2. The SMILES string of the molecule is Cc1cc(C(=O)NC2CCc3[nH]ncc3C2)c2cccc(C)c2n1. The van der Waals surface area contributed by atoms with Gasteiger partial charge in [0.2, 0.25) is 0 Å². The van der Waals surface area contributed by atoms with Crippen LogP contribution < -0.4 is 5.32 Å². The second-order valence-corrected chi connectivity index (χ2v) is 6.57.